The maximum absolute atomic E-state index is 10.8. The number of thioether (sulfide) groups is 1. The van der Waals surface area contributed by atoms with Gasteiger partial charge in [0.15, 0.2) is 0 Å². The number of pyridine rings is 1. The largest absolute Gasteiger partial charge is 0.465 e. The molecule has 1 aromatic rings. The quantitative estimate of drug-likeness (QED) is 0.783. The molecule has 2 heterocycles. The molecule has 1 N–H and O–H groups in total. The molecule has 0 aromatic carbocycles. The highest BCUT2D eigenvalue weighted by Gasteiger charge is 2.21. The molecule has 0 aliphatic carbocycles. The van der Waals surface area contributed by atoms with Gasteiger partial charge in [0.25, 0.3) is 0 Å². The van der Waals surface area contributed by atoms with Crippen molar-refractivity contribution in [2.24, 2.45) is 5.92 Å². The molecule has 0 saturated carbocycles. The highest BCUT2D eigenvalue weighted by Crippen LogP contribution is 2.22. The highest BCUT2D eigenvalue weighted by molar-refractivity contribution is 7.99. The number of piperidine rings is 1. The number of carbonyl (C=O) groups is 1. The van der Waals surface area contributed by atoms with E-state index in [1.54, 1.807) is 4.90 Å². The summed E-state index contributed by atoms with van der Waals surface area (Å²) in [6, 6.07) is 4.17. The zero-order valence-electron chi connectivity index (χ0n) is 12.4. The number of hydrogen-bond donors (Lipinski definition) is 1. The number of aromatic nitrogens is 1. The summed E-state index contributed by atoms with van der Waals surface area (Å²) in [5, 5.41) is 8.91. The summed E-state index contributed by atoms with van der Waals surface area (Å²) < 4.78 is 0. The molecule has 21 heavy (non-hydrogen) atoms. The smallest absolute Gasteiger partial charge is 0.407 e. The average Bonchev–Trinajstić information content (AvgIpc) is 2.52. The Bertz CT molecular complexity index is 420. The Kier molecular flexibility index (Phi) is 6.86. The van der Waals surface area contributed by atoms with Gasteiger partial charge in [-0.2, -0.15) is 11.8 Å². The van der Waals surface area contributed by atoms with E-state index in [1.165, 1.54) is 29.9 Å². The van der Waals surface area contributed by atoms with E-state index in [-0.39, 0.29) is 0 Å². The summed E-state index contributed by atoms with van der Waals surface area (Å²) in [5.41, 5.74) is 1.37. The molecule has 1 aliphatic rings. The molecule has 0 atom stereocenters. The van der Waals surface area contributed by atoms with Crippen molar-refractivity contribution in [1.82, 2.24) is 9.88 Å². The first-order chi connectivity index (χ1) is 10.3. The standard InChI is InChI=1S/C16H24N2O2S/c19-16(20)18-10-5-15(6-11-18)7-13-21-12-1-2-14-3-8-17-9-4-14/h3-4,8-9,15H,1-2,5-7,10-13H2,(H,19,20). The molecule has 4 nitrogen and oxygen atoms in total. The number of carboxylic acid groups (broad SMARTS) is 1. The maximum atomic E-state index is 10.8. The van der Waals surface area contributed by atoms with Crippen molar-refractivity contribution in [3.63, 3.8) is 0 Å². The van der Waals surface area contributed by atoms with E-state index >= 15 is 0 Å². The first kappa shape index (κ1) is 16.1. The Labute approximate surface area is 130 Å². The molecular formula is C16H24N2O2S. The Morgan fingerprint density at radius 2 is 2.00 bits per heavy atom. The van der Waals surface area contributed by atoms with E-state index in [2.05, 4.69) is 17.1 Å². The normalized spacial score (nSPS) is 16.1. The topological polar surface area (TPSA) is 53.4 Å². The van der Waals surface area contributed by atoms with Crippen molar-refractivity contribution in [1.29, 1.82) is 0 Å². The van der Waals surface area contributed by atoms with Crippen LogP contribution >= 0.6 is 11.8 Å². The summed E-state index contributed by atoms with van der Waals surface area (Å²) >= 11 is 2.03. The Morgan fingerprint density at radius 3 is 2.67 bits per heavy atom. The van der Waals surface area contributed by atoms with Gasteiger partial charge in [0, 0.05) is 25.5 Å². The van der Waals surface area contributed by atoms with E-state index in [0.29, 0.717) is 19.0 Å². The number of amides is 1. The van der Waals surface area contributed by atoms with Crippen LogP contribution in [0.1, 0.15) is 31.2 Å². The first-order valence-corrected chi connectivity index (χ1v) is 8.85. The van der Waals surface area contributed by atoms with Crippen LogP contribution in [0.2, 0.25) is 0 Å². The van der Waals surface area contributed by atoms with Crippen LogP contribution in [0.3, 0.4) is 0 Å². The summed E-state index contributed by atoms with van der Waals surface area (Å²) in [7, 11) is 0. The number of hydrogen-bond acceptors (Lipinski definition) is 3. The molecule has 1 aliphatic heterocycles. The average molecular weight is 308 g/mol. The van der Waals surface area contributed by atoms with E-state index in [4.69, 9.17) is 5.11 Å². The van der Waals surface area contributed by atoms with E-state index in [0.717, 1.165) is 19.3 Å². The molecule has 0 radical (unpaired) electrons. The zero-order valence-corrected chi connectivity index (χ0v) is 13.2. The maximum Gasteiger partial charge on any atom is 0.407 e. The van der Waals surface area contributed by atoms with E-state index in [1.807, 2.05) is 24.2 Å². The molecule has 1 fully saturated rings. The van der Waals surface area contributed by atoms with Gasteiger partial charge in [-0.1, -0.05) is 0 Å². The van der Waals surface area contributed by atoms with Gasteiger partial charge in [-0.05, 0) is 67.2 Å². The fraction of sp³-hybridized carbons (Fsp3) is 0.625. The van der Waals surface area contributed by atoms with Gasteiger partial charge in [0.05, 0.1) is 0 Å². The summed E-state index contributed by atoms with van der Waals surface area (Å²) in [4.78, 5) is 16.4. The number of likely N-dealkylation sites (tertiary alicyclic amines) is 1. The van der Waals surface area contributed by atoms with Crippen molar-refractivity contribution in [2.75, 3.05) is 24.6 Å². The lowest BCUT2D eigenvalue weighted by Gasteiger charge is -2.29. The Balaban J connectivity index is 1.48. The van der Waals surface area contributed by atoms with Crippen LogP contribution in [-0.4, -0.2) is 45.7 Å². The van der Waals surface area contributed by atoms with E-state index < -0.39 is 6.09 Å². The van der Waals surface area contributed by atoms with Crippen LogP contribution in [-0.2, 0) is 6.42 Å². The third-order valence-electron chi connectivity index (χ3n) is 4.06. The van der Waals surface area contributed by atoms with Crippen molar-refractivity contribution < 1.29 is 9.90 Å². The van der Waals surface area contributed by atoms with Gasteiger partial charge < -0.3 is 10.0 Å². The van der Waals surface area contributed by atoms with Crippen LogP contribution in [0.5, 0.6) is 0 Å². The predicted octanol–water partition coefficient (Wildman–Crippen LogP) is 3.53. The Hall–Kier alpha value is -1.23. The van der Waals surface area contributed by atoms with Crippen LogP contribution in [0.15, 0.2) is 24.5 Å². The van der Waals surface area contributed by atoms with Gasteiger partial charge in [-0.3, -0.25) is 4.98 Å². The minimum Gasteiger partial charge on any atom is -0.465 e. The van der Waals surface area contributed by atoms with Crippen LogP contribution in [0, 0.1) is 5.92 Å². The van der Waals surface area contributed by atoms with E-state index in [9.17, 15) is 4.79 Å². The summed E-state index contributed by atoms with van der Waals surface area (Å²) in [5.74, 6) is 3.12. The second-order valence-corrected chi connectivity index (χ2v) is 6.80. The first-order valence-electron chi connectivity index (χ1n) is 7.70. The number of aryl methyl sites for hydroxylation is 1. The van der Waals surface area contributed by atoms with Gasteiger partial charge in [0.1, 0.15) is 0 Å². The molecule has 5 heteroatoms. The van der Waals surface area contributed by atoms with Crippen LogP contribution < -0.4 is 0 Å². The molecular weight excluding hydrogens is 284 g/mol. The molecule has 116 valence electrons. The lowest BCUT2D eigenvalue weighted by Crippen LogP contribution is -2.37. The Morgan fingerprint density at radius 1 is 1.29 bits per heavy atom. The lowest BCUT2D eigenvalue weighted by atomic mass is 9.95. The van der Waals surface area contributed by atoms with Crippen LogP contribution in [0.25, 0.3) is 0 Å². The minimum atomic E-state index is -0.765. The van der Waals surface area contributed by atoms with Gasteiger partial charge >= 0.3 is 6.09 Å². The van der Waals surface area contributed by atoms with Crippen molar-refractivity contribution in [2.45, 2.75) is 32.1 Å². The van der Waals surface area contributed by atoms with Gasteiger partial charge in [-0.25, -0.2) is 4.79 Å². The number of rotatable bonds is 7. The predicted molar refractivity (Wildman–Crippen MR) is 86.8 cm³/mol. The highest BCUT2D eigenvalue weighted by atomic mass is 32.2. The molecule has 1 amide bonds. The third-order valence-corrected chi connectivity index (χ3v) is 5.16. The fourth-order valence-corrected chi connectivity index (χ4v) is 3.75. The van der Waals surface area contributed by atoms with Gasteiger partial charge in [-0.15, -0.1) is 0 Å². The minimum absolute atomic E-state index is 0.715. The van der Waals surface area contributed by atoms with Crippen LogP contribution in [0.4, 0.5) is 4.79 Å². The molecule has 0 spiro atoms. The molecule has 0 bridgehead atoms. The lowest BCUT2D eigenvalue weighted by molar-refractivity contribution is 0.124. The molecule has 1 aromatic heterocycles. The summed E-state index contributed by atoms with van der Waals surface area (Å²) in [6.07, 6.45) is 8.58. The van der Waals surface area contributed by atoms with Crippen molar-refractivity contribution in [3.8, 4) is 0 Å². The zero-order chi connectivity index (χ0) is 14.9. The molecule has 1 saturated heterocycles. The molecule has 2 rings (SSSR count). The van der Waals surface area contributed by atoms with Crippen molar-refractivity contribution >= 4 is 17.9 Å². The van der Waals surface area contributed by atoms with Gasteiger partial charge in [0.2, 0.25) is 0 Å². The second kappa shape index (κ2) is 8.93. The monoisotopic (exact) mass is 308 g/mol. The second-order valence-electron chi connectivity index (χ2n) is 5.57. The fourth-order valence-electron chi connectivity index (χ4n) is 2.69. The van der Waals surface area contributed by atoms with Crippen molar-refractivity contribution in [3.05, 3.63) is 30.1 Å². The SMILES string of the molecule is O=C(O)N1CCC(CCSCCCc2ccncc2)CC1. The third kappa shape index (κ3) is 5.96. The number of nitrogens with zero attached hydrogens (tertiary/aromatic N) is 2. The summed E-state index contributed by atoms with van der Waals surface area (Å²) in [6.45, 7) is 1.43. The molecule has 0 unspecified atom stereocenters.